The first kappa shape index (κ1) is 16.2. The standard InChI is InChI=1S/C16H15ClF2N2O/c17-12-3-6-15(14(19)9-12)21-10-16(22)20-8-7-11-1-4-13(18)5-2-11/h1-6,9,21H,7-8,10H2,(H,20,22). The first-order chi connectivity index (χ1) is 10.5. The highest BCUT2D eigenvalue weighted by molar-refractivity contribution is 6.30. The van der Waals surface area contributed by atoms with Gasteiger partial charge < -0.3 is 10.6 Å². The molecule has 0 bridgehead atoms. The van der Waals surface area contributed by atoms with E-state index < -0.39 is 5.82 Å². The molecule has 2 aromatic rings. The Morgan fingerprint density at radius 2 is 1.82 bits per heavy atom. The van der Waals surface area contributed by atoms with Crippen LogP contribution < -0.4 is 10.6 Å². The van der Waals surface area contributed by atoms with E-state index >= 15 is 0 Å². The van der Waals surface area contributed by atoms with Crippen LogP contribution in [0.15, 0.2) is 42.5 Å². The molecule has 0 radical (unpaired) electrons. The summed E-state index contributed by atoms with van der Waals surface area (Å²) in [7, 11) is 0. The van der Waals surface area contributed by atoms with Gasteiger partial charge in [-0.15, -0.1) is 0 Å². The molecule has 6 heteroatoms. The minimum atomic E-state index is -0.508. The maximum absolute atomic E-state index is 13.5. The number of halogens is 3. The molecule has 0 saturated heterocycles. The van der Waals surface area contributed by atoms with Crippen molar-refractivity contribution in [3.05, 3.63) is 64.7 Å². The van der Waals surface area contributed by atoms with Crippen molar-refractivity contribution in [2.45, 2.75) is 6.42 Å². The van der Waals surface area contributed by atoms with Gasteiger partial charge in [0.15, 0.2) is 0 Å². The Morgan fingerprint density at radius 3 is 2.50 bits per heavy atom. The highest BCUT2D eigenvalue weighted by Crippen LogP contribution is 2.18. The summed E-state index contributed by atoms with van der Waals surface area (Å²) >= 11 is 5.65. The second-order valence-corrected chi connectivity index (χ2v) is 5.14. The average molecular weight is 325 g/mol. The summed E-state index contributed by atoms with van der Waals surface area (Å²) in [4.78, 5) is 11.7. The maximum Gasteiger partial charge on any atom is 0.239 e. The van der Waals surface area contributed by atoms with Crippen molar-refractivity contribution in [2.75, 3.05) is 18.4 Å². The lowest BCUT2D eigenvalue weighted by Gasteiger charge is -2.09. The van der Waals surface area contributed by atoms with E-state index in [1.807, 2.05) is 0 Å². The molecule has 116 valence electrons. The SMILES string of the molecule is O=C(CNc1ccc(Cl)cc1F)NCCc1ccc(F)cc1. The molecule has 2 rings (SSSR count). The van der Waals surface area contributed by atoms with E-state index in [0.29, 0.717) is 18.0 Å². The van der Waals surface area contributed by atoms with Crippen LogP contribution in [0, 0.1) is 11.6 Å². The van der Waals surface area contributed by atoms with Crippen LogP contribution in [-0.4, -0.2) is 19.0 Å². The minimum absolute atomic E-state index is 0.0397. The topological polar surface area (TPSA) is 41.1 Å². The van der Waals surface area contributed by atoms with Crippen LogP contribution in [0.1, 0.15) is 5.56 Å². The van der Waals surface area contributed by atoms with Crippen molar-refractivity contribution < 1.29 is 13.6 Å². The number of carbonyl (C=O) groups excluding carboxylic acids is 1. The van der Waals surface area contributed by atoms with Gasteiger partial charge in [-0.25, -0.2) is 8.78 Å². The van der Waals surface area contributed by atoms with Gasteiger partial charge in [0.05, 0.1) is 12.2 Å². The fraction of sp³-hybridized carbons (Fsp3) is 0.188. The lowest BCUT2D eigenvalue weighted by Crippen LogP contribution is -2.31. The average Bonchev–Trinajstić information content (AvgIpc) is 2.48. The van der Waals surface area contributed by atoms with Crippen molar-refractivity contribution in [2.24, 2.45) is 0 Å². The fourth-order valence-corrected chi connectivity index (χ4v) is 2.03. The van der Waals surface area contributed by atoms with Crippen LogP contribution >= 0.6 is 11.6 Å². The first-order valence-electron chi connectivity index (χ1n) is 6.74. The van der Waals surface area contributed by atoms with Crippen molar-refractivity contribution >= 4 is 23.2 Å². The van der Waals surface area contributed by atoms with Crippen LogP contribution in [-0.2, 0) is 11.2 Å². The Balaban J connectivity index is 1.72. The molecule has 0 aliphatic heterocycles. The van der Waals surface area contributed by atoms with Gasteiger partial charge in [-0.1, -0.05) is 23.7 Å². The molecule has 2 N–H and O–H groups in total. The van der Waals surface area contributed by atoms with E-state index in [4.69, 9.17) is 11.6 Å². The van der Waals surface area contributed by atoms with Gasteiger partial charge in [-0.05, 0) is 42.3 Å². The lowest BCUT2D eigenvalue weighted by molar-refractivity contribution is -0.119. The molecule has 0 aliphatic rings. The molecule has 2 aromatic carbocycles. The van der Waals surface area contributed by atoms with Crippen LogP contribution in [0.5, 0.6) is 0 Å². The molecule has 0 atom stereocenters. The van der Waals surface area contributed by atoms with Crippen molar-refractivity contribution in [3.63, 3.8) is 0 Å². The summed E-state index contributed by atoms with van der Waals surface area (Å²) in [6.45, 7) is 0.386. The quantitative estimate of drug-likeness (QED) is 0.855. The molecule has 3 nitrogen and oxygen atoms in total. The largest absolute Gasteiger partial charge is 0.374 e. The van der Waals surface area contributed by atoms with Crippen LogP contribution in [0.25, 0.3) is 0 Å². The van der Waals surface area contributed by atoms with Gasteiger partial charge in [0, 0.05) is 11.6 Å². The Kier molecular flexibility index (Phi) is 5.72. The summed E-state index contributed by atoms with van der Waals surface area (Å²) in [5.74, 6) is -1.05. The zero-order valence-electron chi connectivity index (χ0n) is 11.7. The Labute approximate surface area is 132 Å². The Hall–Kier alpha value is -2.14. The Morgan fingerprint density at radius 1 is 1.09 bits per heavy atom. The smallest absolute Gasteiger partial charge is 0.239 e. The number of hydrogen-bond donors (Lipinski definition) is 2. The molecule has 0 fully saturated rings. The van der Waals surface area contributed by atoms with E-state index in [-0.39, 0.29) is 24.0 Å². The summed E-state index contributed by atoms with van der Waals surface area (Å²) in [6.07, 6.45) is 0.599. The highest BCUT2D eigenvalue weighted by Gasteiger charge is 2.05. The van der Waals surface area contributed by atoms with E-state index in [1.54, 1.807) is 18.2 Å². The first-order valence-corrected chi connectivity index (χ1v) is 7.12. The van der Waals surface area contributed by atoms with Gasteiger partial charge in [0.1, 0.15) is 11.6 Å². The predicted molar refractivity (Wildman–Crippen MR) is 83.0 cm³/mol. The predicted octanol–water partition coefficient (Wildman–Crippen LogP) is 3.39. The van der Waals surface area contributed by atoms with Crippen LogP contribution in [0.3, 0.4) is 0 Å². The third kappa shape index (κ3) is 5.00. The number of rotatable bonds is 6. The number of amides is 1. The number of benzene rings is 2. The fourth-order valence-electron chi connectivity index (χ4n) is 1.87. The summed E-state index contributed by atoms with van der Waals surface area (Å²) in [5.41, 5.74) is 1.15. The van der Waals surface area contributed by atoms with E-state index in [0.717, 1.165) is 5.56 Å². The summed E-state index contributed by atoms with van der Waals surface area (Å²) in [5, 5.41) is 5.70. The van der Waals surface area contributed by atoms with Crippen molar-refractivity contribution in [1.29, 1.82) is 0 Å². The molecule has 1 amide bonds. The summed E-state index contributed by atoms with van der Waals surface area (Å²) < 4.78 is 26.2. The monoisotopic (exact) mass is 324 g/mol. The van der Waals surface area contributed by atoms with Gasteiger partial charge in [-0.3, -0.25) is 4.79 Å². The van der Waals surface area contributed by atoms with Gasteiger partial charge in [0.25, 0.3) is 0 Å². The highest BCUT2D eigenvalue weighted by atomic mass is 35.5. The molecule has 0 unspecified atom stereocenters. The second kappa shape index (κ2) is 7.75. The number of carbonyl (C=O) groups is 1. The van der Waals surface area contributed by atoms with Gasteiger partial charge >= 0.3 is 0 Å². The molecule has 0 aliphatic carbocycles. The third-order valence-corrected chi connectivity index (χ3v) is 3.25. The molecular formula is C16H15ClF2N2O. The molecule has 0 aromatic heterocycles. The Bertz CT molecular complexity index is 647. The lowest BCUT2D eigenvalue weighted by atomic mass is 10.1. The van der Waals surface area contributed by atoms with Crippen LogP contribution in [0.2, 0.25) is 5.02 Å². The zero-order valence-corrected chi connectivity index (χ0v) is 12.5. The summed E-state index contributed by atoms with van der Waals surface area (Å²) in [6, 6.07) is 10.3. The normalized spacial score (nSPS) is 10.3. The van der Waals surface area contributed by atoms with Crippen molar-refractivity contribution in [1.82, 2.24) is 5.32 Å². The number of nitrogens with one attached hydrogen (secondary N) is 2. The van der Waals surface area contributed by atoms with E-state index in [1.165, 1.54) is 24.3 Å². The molecule has 0 spiro atoms. The molecular weight excluding hydrogens is 310 g/mol. The van der Waals surface area contributed by atoms with Crippen LogP contribution in [0.4, 0.5) is 14.5 Å². The minimum Gasteiger partial charge on any atom is -0.374 e. The molecule has 0 heterocycles. The van der Waals surface area contributed by atoms with E-state index in [9.17, 15) is 13.6 Å². The molecule has 0 saturated carbocycles. The zero-order chi connectivity index (χ0) is 15.9. The van der Waals surface area contributed by atoms with Gasteiger partial charge in [-0.2, -0.15) is 0 Å². The number of hydrogen-bond acceptors (Lipinski definition) is 2. The van der Waals surface area contributed by atoms with E-state index in [2.05, 4.69) is 10.6 Å². The molecule has 22 heavy (non-hydrogen) atoms. The third-order valence-electron chi connectivity index (χ3n) is 3.02. The maximum atomic E-state index is 13.5. The number of anilines is 1. The van der Waals surface area contributed by atoms with Crippen molar-refractivity contribution in [3.8, 4) is 0 Å². The van der Waals surface area contributed by atoms with Gasteiger partial charge in [0.2, 0.25) is 5.91 Å². The second-order valence-electron chi connectivity index (χ2n) is 4.70.